The third-order valence-corrected chi connectivity index (χ3v) is 5.17. The molecule has 1 saturated heterocycles. The highest BCUT2D eigenvalue weighted by molar-refractivity contribution is 7.98. The van der Waals surface area contributed by atoms with Crippen molar-refractivity contribution in [2.75, 3.05) is 44.7 Å². The summed E-state index contributed by atoms with van der Waals surface area (Å²) in [7, 11) is 0. The van der Waals surface area contributed by atoms with Gasteiger partial charge in [-0.25, -0.2) is 0 Å². The Morgan fingerprint density at radius 3 is 2.78 bits per heavy atom. The number of guanidine groups is 1. The van der Waals surface area contributed by atoms with Crippen molar-refractivity contribution in [3.05, 3.63) is 0 Å². The number of nitrogens with zero attached hydrogens (tertiary/aromatic N) is 2. The lowest BCUT2D eigenvalue weighted by Gasteiger charge is -2.33. The Kier molecular flexibility index (Phi) is 12.5. The molecule has 1 fully saturated rings. The molecule has 0 aromatic heterocycles. The van der Waals surface area contributed by atoms with E-state index in [9.17, 15) is 0 Å². The van der Waals surface area contributed by atoms with E-state index in [1.807, 2.05) is 11.8 Å². The fraction of sp³-hybridized carbons (Fsp3) is 0.944. The van der Waals surface area contributed by atoms with Crippen LogP contribution in [0.4, 0.5) is 0 Å². The topological polar surface area (TPSA) is 39.7 Å². The predicted octanol–water partition coefficient (Wildman–Crippen LogP) is 3.34. The van der Waals surface area contributed by atoms with Gasteiger partial charge in [0.05, 0.1) is 0 Å². The van der Waals surface area contributed by atoms with Gasteiger partial charge in [0.25, 0.3) is 0 Å². The van der Waals surface area contributed by atoms with Crippen molar-refractivity contribution in [1.29, 1.82) is 0 Å². The van der Waals surface area contributed by atoms with Crippen LogP contribution in [-0.4, -0.2) is 61.6 Å². The third kappa shape index (κ3) is 10.1. The van der Waals surface area contributed by atoms with Gasteiger partial charge in [-0.05, 0) is 77.5 Å². The fourth-order valence-electron chi connectivity index (χ4n) is 3.03. The van der Waals surface area contributed by atoms with E-state index in [4.69, 9.17) is 4.99 Å². The molecule has 1 atom stereocenters. The quantitative estimate of drug-likeness (QED) is 0.343. The minimum Gasteiger partial charge on any atom is -0.357 e. The van der Waals surface area contributed by atoms with Crippen LogP contribution in [0.15, 0.2) is 4.99 Å². The zero-order valence-electron chi connectivity index (χ0n) is 15.6. The van der Waals surface area contributed by atoms with E-state index in [-0.39, 0.29) is 0 Å². The summed E-state index contributed by atoms with van der Waals surface area (Å²) in [6.07, 6.45) is 11.3. The van der Waals surface area contributed by atoms with Crippen LogP contribution in [0.1, 0.15) is 58.8 Å². The molecule has 1 rings (SSSR count). The summed E-state index contributed by atoms with van der Waals surface area (Å²) in [5.74, 6) is 2.24. The molecule has 23 heavy (non-hydrogen) atoms. The van der Waals surface area contributed by atoms with E-state index in [0.29, 0.717) is 0 Å². The first-order valence-electron chi connectivity index (χ1n) is 9.53. The van der Waals surface area contributed by atoms with Crippen LogP contribution in [0.25, 0.3) is 0 Å². The number of rotatable bonds is 11. The van der Waals surface area contributed by atoms with E-state index in [2.05, 4.69) is 35.6 Å². The summed E-state index contributed by atoms with van der Waals surface area (Å²) in [4.78, 5) is 7.36. The maximum absolute atomic E-state index is 4.70. The van der Waals surface area contributed by atoms with E-state index >= 15 is 0 Å². The third-order valence-electron chi connectivity index (χ3n) is 4.48. The number of hydrogen-bond acceptors (Lipinski definition) is 3. The average molecular weight is 343 g/mol. The summed E-state index contributed by atoms with van der Waals surface area (Å²) in [5.41, 5.74) is 0. The highest BCUT2D eigenvalue weighted by Crippen LogP contribution is 2.16. The van der Waals surface area contributed by atoms with Crippen molar-refractivity contribution in [3.8, 4) is 0 Å². The monoisotopic (exact) mass is 342 g/mol. The number of nitrogens with one attached hydrogen (secondary N) is 2. The van der Waals surface area contributed by atoms with Crippen LogP contribution >= 0.6 is 11.8 Å². The molecule has 0 aromatic carbocycles. The SMILES string of the molecule is CCNC(=NCCCCN1CCCCC1C)NCCCCSC. The lowest BCUT2D eigenvalue weighted by Crippen LogP contribution is -2.38. The van der Waals surface area contributed by atoms with Crippen LogP contribution < -0.4 is 10.6 Å². The number of piperidine rings is 1. The van der Waals surface area contributed by atoms with Gasteiger partial charge in [-0.2, -0.15) is 11.8 Å². The van der Waals surface area contributed by atoms with Crippen LogP contribution in [0.3, 0.4) is 0 Å². The molecule has 1 heterocycles. The molecule has 1 unspecified atom stereocenters. The second-order valence-electron chi connectivity index (χ2n) is 6.48. The Balaban J connectivity index is 2.12. The van der Waals surface area contributed by atoms with E-state index < -0.39 is 0 Å². The molecule has 1 aliphatic rings. The van der Waals surface area contributed by atoms with Crippen molar-refractivity contribution in [1.82, 2.24) is 15.5 Å². The molecule has 0 spiro atoms. The van der Waals surface area contributed by atoms with Crippen molar-refractivity contribution < 1.29 is 0 Å². The molecule has 0 amide bonds. The van der Waals surface area contributed by atoms with Gasteiger partial charge in [0.2, 0.25) is 0 Å². The smallest absolute Gasteiger partial charge is 0.191 e. The molecule has 0 bridgehead atoms. The van der Waals surface area contributed by atoms with Gasteiger partial charge in [-0.1, -0.05) is 6.42 Å². The predicted molar refractivity (Wildman–Crippen MR) is 106 cm³/mol. The number of likely N-dealkylation sites (tertiary alicyclic amines) is 1. The van der Waals surface area contributed by atoms with Crippen molar-refractivity contribution in [2.45, 2.75) is 64.8 Å². The molecule has 1 aliphatic heterocycles. The number of aliphatic imine (C=N–C) groups is 1. The van der Waals surface area contributed by atoms with Gasteiger partial charge >= 0.3 is 0 Å². The van der Waals surface area contributed by atoms with Crippen molar-refractivity contribution in [3.63, 3.8) is 0 Å². The molecule has 4 nitrogen and oxygen atoms in total. The minimum atomic E-state index is 0.785. The standard InChI is InChI=1S/C18H38N4S/c1-4-19-18(21-13-7-10-16-23-3)20-12-6-9-15-22-14-8-5-11-17(22)2/h17H,4-16H2,1-3H3,(H2,19,20,21). The van der Waals surface area contributed by atoms with Crippen molar-refractivity contribution >= 4 is 17.7 Å². The summed E-state index contributed by atoms with van der Waals surface area (Å²) in [5, 5.41) is 6.79. The van der Waals surface area contributed by atoms with Crippen LogP contribution in [0.5, 0.6) is 0 Å². The van der Waals surface area contributed by atoms with Gasteiger partial charge in [0.1, 0.15) is 0 Å². The number of thioether (sulfide) groups is 1. The normalized spacial score (nSPS) is 19.8. The van der Waals surface area contributed by atoms with Gasteiger partial charge in [0.15, 0.2) is 5.96 Å². The summed E-state index contributed by atoms with van der Waals surface area (Å²) < 4.78 is 0. The Hall–Kier alpha value is -0.420. The van der Waals surface area contributed by atoms with E-state index in [0.717, 1.165) is 31.6 Å². The summed E-state index contributed by atoms with van der Waals surface area (Å²) in [6, 6.07) is 0.785. The van der Waals surface area contributed by atoms with Gasteiger partial charge in [0, 0.05) is 25.7 Å². The molecule has 0 saturated carbocycles. The van der Waals surface area contributed by atoms with Crippen LogP contribution in [0.2, 0.25) is 0 Å². The molecule has 0 aliphatic carbocycles. The van der Waals surface area contributed by atoms with E-state index in [1.165, 1.54) is 63.8 Å². The molecule has 5 heteroatoms. The zero-order valence-corrected chi connectivity index (χ0v) is 16.4. The molecular formula is C18H38N4S. The number of hydrogen-bond donors (Lipinski definition) is 2. The Bertz CT molecular complexity index is 309. The first kappa shape index (κ1) is 20.6. The summed E-state index contributed by atoms with van der Waals surface area (Å²) in [6.45, 7) is 9.94. The number of unbranched alkanes of at least 4 members (excludes halogenated alkanes) is 2. The lowest BCUT2D eigenvalue weighted by molar-refractivity contribution is 0.158. The van der Waals surface area contributed by atoms with Gasteiger partial charge < -0.3 is 15.5 Å². The zero-order chi connectivity index (χ0) is 16.8. The molecule has 0 aromatic rings. The van der Waals surface area contributed by atoms with Gasteiger partial charge in [-0.3, -0.25) is 4.99 Å². The first-order chi connectivity index (χ1) is 11.3. The molecule has 136 valence electrons. The van der Waals surface area contributed by atoms with Crippen molar-refractivity contribution in [2.24, 2.45) is 4.99 Å². The summed E-state index contributed by atoms with van der Waals surface area (Å²) >= 11 is 1.92. The Morgan fingerprint density at radius 2 is 2.04 bits per heavy atom. The Morgan fingerprint density at radius 1 is 1.17 bits per heavy atom. The second-order valence-corrected chi connectivity index (χ2v) is 7.46. The van der Waals surface area contributed by atoms with Crippen LogP contribution in [-0.2, 0) is 0 Å². The lowest BCUT2D eigenvalue weighted by atomic mass is 10.0. The highest BCUT2D eigenvalue weighted by atomic mass is 32.2. The molecule has 0 radical (unpaired) electrons. The minimum absolute atomic E-state index is 0.785. The second kappa shape index (κ2) is 14.0. The Labute approximate surface area is 148 Å². The average Bonchev–Trinajstić information content (AvgIpc) is 2.55. The van der Waals surface area contributed by atoms with Gasteiger partial charge in [-0.15, -0.1) is 0 Å². The molecular weight excluding hydrogens is 304 g/mol. The van der Waals surface area contributed by atoms with E-state index in [1.54, 1.807) is 0 Å². The highest BCUT2D eigenvalue weighted by Gasteiger charge is 2.16. The maximum Gasteiger partial charge on any atom is 0.191 e. The fourth-order valence-corrected chi connectivity index (χ4v) is 3.52. The van der Waals surface area contributed by atoms with Crippen LogP contribution in [0, 0.1) is 0 Å². The molecule has 2 N–H and O–H groups in total. The first-order valence-corrected chi connectivity index (χ1v) is 10.9. The largest absolute Gasteiger partial charge is 0.357 e. The maximum atomic E-state index is 4.70.